The summed E-state index contributed by atoms with van der Waals surface area (Å²) in [6.45, 7) is 5.23. The van der Waals surface area contributed by atoms with Gasteiger partial charge in [-0.3, -0.25) is 0 Å². The molecule has 0 atom stereocenters. The summed E-state index contributed by atoms with van der Waals surface area (Å²) in [6.07, 6.45) is 1.63. The summed E-state index contributed by atoms with van der Waals surface area (Å²) in [5.41, 5.74) is 8.49. The van der Waals surface area contributed by atoms with E-state index in [1.807, 2.05) is 42.7 Å². The Balaban J connectivity index is 2.16. The van der Waals surface area contributed by atoms with Gasteiger partial charge in [-0.15, -0.1) is 0 Å². The molecule has 2 aromatic rings. The Morgan fingerprint density at radius 2 is 2.05 bits per heavy atom. The Kier molecular flexibility index (Phi) is 4.82. The fourth-order valence-electron chi connectivity index (χ4n) is 2.22. The first-order chi connectivity index (χ1) is 9.96. The van der Waals surface area contributed by atoms with Crippen LogP contribution in [0.5, 0.6) is 0 Å². The number of nitrogens with one attached hydrogen (secondary N) is 1. The summed E-state index contributed by atoms with van der Waals surface area (Å²) in [5, 5.41) is 0. The molecule has 114 valence electrons. The van der Waals surface area contributed by atoms with Gasteiger partial charge in [0.15, 0.2) is 0 Å². The highest BCUT2D eigenvalue weighted by atomic mass is 32.2. The molecule has 0 amide bonds. The Morgan fingerprint density at radius 1 is 1.29 bits per heavy atom. The molecule has 1 aromatic carbocycles. The molecule has 0 unspecified atom stereocenters. The van der Waals surface area contributed by atoms with Crippen molar-refractivity contribution in [2.45, 2.75) is 38.4 Å². The maximum absolute atomic E-state index is 12.3. The van der Waals surface area contributed by atoms with Gasteiger partial charge in [-0.1, -0.05) is 29.8 Å². The monoisotopic (exact) mass is 307 g/mol. The first-order valence-electron chi connectivity index (χ1n) is 6.90. The number of sulfonamides is 1. The smallest absolute Gasteiger partial charge is 0.242 e. The molecule has 0 bridgehead atoms. The second kappa shape index (κ2) is 6.43. The SMILES string of the molecule is CCn1cc(S(=O)(=O)NCc2cccc(C)c2)cc1CN. The molecule has 0 aliphatic carbocycles. The van der Waals surface area contributed by atoms with Crippen molar-refractivity contribution in [3.05, 3.63) is 53.3 Å². The Morgan fingerprint density at radius 3 is 2.62 bits per heavy atom. The van der Waals surface area contributed by atoms with Crippen LogP contribution in [0.15, 0.2) is 41.4 Å². The van der Waals surface area contributed by atoms with Gasteiger partial charge < -0.3 is 10.3 Å². The molecule has 0 saturated carbocycles. The van der Waals surface area contributed by atoms with Crippen molar-refractivity contribution in [2.75, 3.05) is 0 Å². The summed E-state index contributed by atoms with van der Waals surface area (Å²) in [4.78, 5) is 0.262. The van der Waals surface area contributed by atoms with Crippen LogP contribution in [-0.4, -0.2) is 13.0 Å². The maximum atomic E-state index is 12.3. The van der Waals surface area contributed by atoms with Gasteiger partial charge in [0.05, 0.1) is 4.90 Å². The van der Waals surface area contributed by atoms with Gasteiger partial charge in [-0.25, -0.2) is 13.1 Å². The van der Waals surface area contributed by atoms with E-state index in [1.165, 1.54) is 0 Å². The fourth-order valence-corrected chi connectivity index (χ4v) is 3.30. The van der Waals surface area contributed by atoms with Crippen LogP contribution >= 0.6 is 0 Å². The third-order valence-corrected chi connectivity index (χ3v) is 4.74. The van der Waals surface area contributed by atoms with E-state index in [2.05, 4.69) is 4.72 Å². The average Bonchev–Trinajstić information content (AvgIpc) is 2.89. The third kappa shape index (κ3) is 3.72. The maximum Gasteiger partial charge on any atom is 0.242 e. The van der Waals surface area contributed by atoms with Crippen LogP contribution in [0.4, 0.5) is 0 Å². The Hall–Kier alpha value is -1.63. The van der Waals surface area contributed by atoms with E-state index in [0.717, 1.165) is 16.8 Å². The minimum atomic E-state index is -3.52. The van der Waals surface area contributed by atoms with E-state index >= 15 is 0 Å². The summed E-state index contributed by atoms with van der Waals surface area (Å²) in [6, 6.07) is 9.39. The van der Waals surface area contributed by atoms with E-state index in [4.69, 9.17) is 5.73 Å². The molecule has 0 fully saturated rings. The van der Waals surface area contributed by atoms with E-state index in [1.54, 1.807) is 12.3 Å². The first kappa shape index (κ1) is 15.8. The molecule has 3 N–H and O–H groups in total. The topological polar surface area (TPSA) is 77.1 Å². The van der Waals surface area contributed by atoms with Crippen molar-refractivity contribution in [3.8, 4) is 0 Å². The van der Waals surface area contributed by atoms with Crippen LogP contribution in [0, 0.1) is 6.92 Å². The highest BCUT2D eigenvalue weighted by molar-refractivity contribution is 7.89. The van der Waals surface area contributed by atoms with Gasteiger partial charge in [0, 0.05) is 31.5 Å². The fraction of sp³-hybridized carbons (Fsp3) is 0.333. The summed E-state index contributed by atoms with van der Waals surface area (Å²) >= 11 is 0. The van der Waals surface area contributed by atoms with E-state index in [-0.39, 0.29) is 11.4 Å². The zero-order valence-electron chi connectivity index (χ0n) is 12.3. The largest absolute Gasteiger partial charge is 0.349 e. The molecule has 6 heteroatoms. The van der Waals surface area contributed by atoms with Crippen molar-refractivity contribution in [1.82, 2.24) is 9.29 Å². The summed E-state index contributed by atoms with van der Waals surface area (Å²) < 4.78 is 29.1. The number of rotatable bonds is 6. The molecule has 0 aliphatic rings. The van der Waals surface area contributed by atoms with Crippen molar-refractivity contribution < 1.29 is 8.42 Å². The lowest BCUT2D eigenvalue weighted by Gasteiger charge is -2.06. The molecule has 0 spiro atoms. The van der Waals surface area contributed by atoms with E-state index in [9.17, 15) is 8.42 Å². The highest BCUT2D eigenvalue weighted by Gasteiger charge is 2.17. The number of nitrogens with zero attached hydrogens (tertiary/aromatic N) is 1. The number of benzene rings is 1. The summed E-state index contributed by atoms with van der Waals surface area (Å²) in [5.74, 6) is 0. The standard InChI is InChI=1S/C15H21N3O2S/c1-3-18-11-15(8-14(18)9-16)21(19,20)17-10-13-6-4-5-12(2)7-13/h4-8,11,17H,3,9-10,16H2,1-2H3. The van der Waals surface area contributed by atoms with Crippen LogP contribution < -0.4 is 10.5 Å². The van der Waals surface area contributed by atoms with Crippen LogP contribution in [0.1, 0.15) is 23.7 Å². The average molecular weight is 307 g/mol. The Bertz CT molecular complexity index is 699. The minimum Gasteiger partial charge on any atom is -0.349 e. The predicted octanol–water partition coefficient (Wildman–Crippen LogP) is 1.75. The Labute approximate surface area is 125 Å². The van der Waals surface area contributed by atoms with E-state index < -0.39 is 10.0 Å². The minimum absolute atomic E-state index is 0.262. The number of aryl methyl sites for hydroxylation is 2. The lowest BCUT2D eigenvalue weighted by Crippen LogP contribution is -2.22. The molecular weight excluding hydrogens is 286 g/mol. The molecular formula is C15H21N3O2S. The molecule has 0 saturated heterocycles. The van der Waals surface area contributed by atoms with Gasteiger partial charge in [0.25, 0.3) is 0 Å². The van der Waals surface area contributed by atoms with Crippen LogP contribution in [0.25, 0.3) is 0 Å². The van der Waals surface area contributed by atoms with Gasteiger partial charge in [-0.05, 0) is 25.5 Å². The van der Waals surface area contributed by atoms with Crippen LogP contribution in [0.3, 0.4) is 0 Å². The normalized spacial score (nSPS) is 11.8. The van der Waals surface area contributed by atoms with Gasteiger partial charge in [0.1, 0.15) is 0 Å². The van der Waals surface area contributed by atoms with Crippen molar-refractivity contribution in [2.24, 2.45) is 5.73 Å². The number of hydrogen-bond donors (Lipinski definition) is 2. The second-order valence-corrected chi connectivity index (χ2v) is 6.74. The quantitative estimate of drug-likeness (QED) is 0.853. The lowest BCUT2D eigenvalue weighted by molar-refractivity contribution is 0.581. The number of aromatic nitrogens is 1. The number of nitrogens with two attached hydrogens (primary N) is 1. The molecule has 0 radical (unpaired) electrons. The molecule has 21 heavy (non-hydrogen) atoms. The molecule has 1 heterocycles. The number of hydrogen-bond acceptors (Lipinski definition) is 3. The van der Waals surface area contributed by atoms with Gasteiger partial charge in [-0.2, -0.15) is 0 Å². The zero-order valence-corrected chi connectivity index (χ0v) is 13.2. The third-order valence-electron chi connectivity index (χ3n) is 3.37. The highest BCUT2D eigenvalue weighted by Crippen LogP contribution is 2.15. The van der Waals surface area contributed by atoms with E-state index in [0.29, 0.717) is 13.1 Å². The lowest BCUT2D eigenvalue weighted by atomic mass is 10.1. The molecule has 0 aliphatic heterocycles. The van der Waals surface area contributed by atoms with Crippen molar-refractivity contribution in [1.29, 1.82) is 0 Å². The predicted molar refractivity (Wildman–Crippen MR) is 83.2 cm³/mol. The zero-order chi connectivity index (χ0) is 15.5. The molecule has 5 nitrogen and oxygen atoms in total. The first-order valence-corrected chi connectivity index (χ1v) is 8.39. The van der Waals surface area contributed by atoms with Crippen LogP contribution in [0.2, 0.25) is 0 Å². The molecule has 2 rings (SSSR count). The summed E-state index contributed by atoms with van der Waals surface area (Å²) in [7, 11) is -3.52. The van der Waals surface area contributed by atoms with Gasteiger partial charge in [0.2, 0.25) is 10.0 Å². The second-order valence-electron chi connectivity index (χ2n) is 4.97. The van der Waals surface area contributed by atoms with Gasteiger partial charge >= 0.3 is 0 Å². The molecule has 1 aromatic heterocycles. The van der Waals surface area contributed by atoms with Crippen molar-refractivity contribution in [3.63, 3.8) is 0 Å². The van der Waals surface area contributed by atoms with Crippen LogP contribution in [-0.2, 0) is 29.7 Å². The van der Waals surface area contributed by atoms with Crippen molar-refractivity contribution >= 4 is 10.0 Å².